The summed E-state index contributed by atoms with van der Waals surface area (Å²) in [7, 11) is -0.123. The zero-order chi connectivity index (χ0) is 9.84. The van der Waals surface area contributed by atoms with E-state index >= 15 is 0 Å². The van der Waals surface area contributed by atoms with Crippen LogP contribution >= 0.6 is 20.7 Å². The summed E-state index contributed by atoms with van der Waals surface area (Å²) in [6.07, 6.45) is 3.09. The molecule has 1 aliphatic rings. The number of hydrogen-bond acceptors (Lipinski definition) is 4. The van der Waals surface area contributed by atoms with Crippen LogP contribution < -0.4 is 0 Å². The highest BCUT2D eigenvalue weighted by atomic mass is 127. The van der Waals surface area contributed by atoms with Crippen molar-refractivity contribution in [2.24, 2.45) is 0 Å². The number of hydrogen-bond donors (Lipinski definition) is 2. The van der Waals surface area contributed by atoms with E-state index in [0.717, 1.165) is 0 Å². The van der Waals surface area contributed by atoms with Crippen molar-refractivity contribution in [2.45, 2.75) is 0 Å². The first kappa shape index (κ1) is 10.6. The van der Waals surface area contributed by atoms with Gasteiger partial charge < -0.3 is 14.8 Å². The fourth-order valence-corrected chi connectivity index (χ4v) is 2.80. The van der Waals surface area contributed by atoms with Crippen LogP contribution in [0.15, 0.2) is 21.2 Å². The van der Waals surface area contributed by atoms with Crippen LogP contribution in [0.3, 0.4) is 0 Å². The van der Waals surface area contributed by atoms with Crippen LogP contribution in [-0.2, 0) is 9.53 Å². The van der Waals surface area contributed by atoms with E-state index in [0.29, 0.717) is 9.05 Å². The van der Waals surface area contributed by atoms with E-state index in [1.54, 1.807) is 10.1 Å². The SMILES string of the molecule is COC(=O)C1=CC=C(B(O)O)C=I1. The van der Waals surface area contributed by atoms with E-state index in [-0.39, 0.29) is 5.97 Å². The molecule has 0 saturated carbocycles. The lowest BCUT2D eigenvalue weighted by Crippen LogP contribution is -2.17. The van der Waals surface area contributed by atoms with Crippen LogP contribution in [0.5, 0.6) is 0 Å². The first-order valence-electron chi connectivity index (χ1n) is 3.48. The zero-order valence-corrected chi connectivity index (χ0v) is 9.06. The van der Waals surface area contributed by atoms with Gasteiger partial charge in [0.25, 0.3) is 0 Å². The second-order valence-corrected chi connectivity index (χ2v) is 4.67. The highest BCUT2D eigenvalue weighted by molar-refractivity contribution is 14.2. The smallest absolute Gasteiger partial charge is 0.465 e. The number of carbonyl (C=O) groups excluding carboxylic acids is 1. The van der Waals surface area contributed by atoms with Gasteiger partial charge >= 0.3 is 13.1 Å². The normalized spacial score (nSPS) is 15.3. The van der Waals surface area contributed by atoms with E-state index < -0.39 is 27.8 Å². The first-order chi connectivity index (χ1) is 6.15. The van der Waals surface area contributed by atoms with Crippen LogP contribution in [0.25, 0.3) is 0 Å². The number of halogens is 1. The van der Waals surface area contributed by atoms with Crippen LogP contribution in [-0.4, -0.2) is 34.3 Å². The lowest BCUT2D eigenvalue weighted by Gasteiger charge is -2.04. The van der Waals surface area contributed by atoms with Crippen molar-refractivity contribution in [3.8, 4) is 0 Å². The molecule has 0 amide bonds. The Hall–Kier alpha value is -0.465. The Kier molecular flexibility index (Phi) is 3.82. The molecule has 70 valence electrons. The van der Waals surface area contributed by atoms with Gasteiger partial charge in [-0.3, -0.25) is 0 Å². The zero-order valence-electron chi connectivity index (χ0n) is 6.90. The third-order valence-corrected chi connectivity index (χ3v) is 3.90. The quantitative estimate of drug-likeness (QED) is 0.419. The average molecular weight is 294 g/mol. The summed E-state index contributed by atoms with van der Waals surface area (Å²) in [4.78, 5) is 11.0. The number of esters is 1. The van der Waals surface area contributed by atoms with Crippen LogP contribution in [0.4, 0.5) is 0 Å². The number of allylic oxidation sites excluding steroid dienone is 3. The van der Waals surface area contributed by atoms with Crippen LogP contribution in [0.2, 0.25) is 0 Å². The van der Waals surface area contributed by atoms with Crippen molar-refractivity contribution >= 4 is 37.8 Å². The van der Waals surface area contributed by atoms with Gasteiger partial charge in [0.15, 0.2) is 0 Å². The number of rotatable bonds is 2. The highest BCUT2D eigenvalue weighted by Crippen LogP contribution is 2.21. The van der Waals surface area contributed by atoms with Gasteiger partial charge in [-0.15, -0.1) is 0 Å². The molecule has 0 aromatic rings. The minimum atomic E-state index is -1.45. The molecule has 0 aromatic carbocycles. The number of methoxy groups -OCH3 is 1. The molecule has 13 heavy (non-hydrogen) atoms. The third kappa shape index (κ3) is 2.75. The Labute approximate surface area is 85.8 Å². The summed E-state index contributed by atoms with van der Waals surface area (Å²) >= 11 is -0.598. The van der Waals surface area contributed by atoms with Gasteiger partial charge in [-0.05, 0) is 15.6 Å². The van der Waals surface area contributed by atoms with Crippen molar-refractivity contribution in [3.05, 3.63) is 21.2 Å². The van der Waals surface area contributed by atoms with Gasteiger partial charge in [-0.2, -0.15) is 0 Å². The summed E-state index contributed by atoms with van der Waals surface area (Å²) in [5, 5.41) is 17.6. The van der Waals surface area contributed by atoms with E-state index in [1.807, 2.05) is 0 Å². The fraction of sp³-hybridized carbons (Fsp3) is 0.143. The molecule has 0 aliphatic carbocycles. The largest absolute Gasteiger partial charge is 0.488 e. The first-order valence-corrected chi connectivity index (χ1v) is 5.80. The summed E-state index contributed by atoms with van der Waals surface area (Å²) in [6, 6.07) is 0. The molecule has 0 radical (unpaired) electrons. The van der Waals surface area contributed by atoms with Gasteiger partial charge in [-0.1, -0.05) is 26.8 Å². The Bertz CT molecular complexity index is 306. The molecule has 1 heterocycles. The molecule has 4 nitrogen and oxygen atoms in total. The number of ether oxygens (including phenoxy) is 1. The van der Waals surface area contributed by atoms with Crippen molar-refractivity contribution < 1.29 is 19.6 Å². The predicted octanol–water partition coefficient (Wildman–Crippen LogP) is -0.232. The van der Waals surface area contributed by atoms with Crippen LogP contribution in [0, 0.1) is 0 Å². The highest BCUT2D eigenvalue weighted by Gasteiger charge is 2.16. The molecule has 0 bridgehead atoms. The Morgan fingerprint density at radius 3 is 2.62 bits per heavy atom. The summed E-state index contributed by atoms with van der Waals surface area (Å²) in [5.74, 6) is -0.341. The molecule has 0 spiro atoms. The van der Waals surface area contributed by atoms with Gasteiger partial charge in [0.05, 0.1) is 10.7 Å². The Morgan fingerprint density at radius 1 is 1.54 bits per heavy atom. The fourth-order valence-electron chi connectivity index (χ4n) is 0.716. The van der Waals surface area contributed by atoms with Crippen LogP contribution in [0.1, 0.15) is 0 Å². The standard InChI is InChI=1S/C7H8BIO4/c1-13-7(10)6-3-2-5(4-9-6)8(11)12/h2-4,11-12H,1H3. The van der Waals surface area contributed by atoms with Crippen molar-refractivity contribution in [1.29, 1.82) is 0 Å². The molecule has 2 N–H and O–H groups in total. The lowest BCUT2D eigenvalue weighted by atomic mass is 9.80. The molecule has 0 saturated heterocycles. The molecule has 0 fully saturated rings. The minimum Gasteiger partial charge on any atom is -0.465 e. The lowest BCUT2D eigenvalue weighted by molar-refractivity contribution is -0.135. The summed E-state index contributed by atoms with van der Waals surface area (Å²) in [5.41, 5.74) is 0.445. The predicted molar refractivity (Wildman–Crippen MR) is 58.5 cm³/mol. The summed E-state index contributed by atoms with van der Waals surface area (Å²) < 4.78 is 6.84. The molecule has 0 atom stereocenters. The third-order valence-electron chi connectivity index (χ3n) is 1.40. The molecule has 6 heteroatoms. The van der Waals surface area contributed by atoms with Crippen molar-refractivity contribution in [2.75, 3.05) is 7.11 Å². The van der Waals surface area contributed by atoms with Gasteiger partial charge in [-0.25, -0.2) is 4.79 Å². The second kappa shape index (κ2) is 4.68. The number of carbonyl (C=O) groups is 1. The van der Waals surface area contributed by atoms with Gasteiger partial charge in [0, 0.05) is 0 Å². The van der Waals surface area contributed by atoms with Gasteiger partial charge in [0.2, 0.25) is 0 Å². The summed E-state index contributed by atoms with van der Waals surface area (Å²) in [6.45, 7) is 0. The monoisotopic (exact) mass is 294 g/mol. The molecular formula is C7H8BIO4. The van der Waals surface area contributed by atoms with E-state index in [1.165, 1.54) is 13.2 Å². The molecular weight excluding hydrogens is 286 g/mol. The van der Waals surface area contributed by atoms with Crippen molar-refractivity contribution in [3.63, 3.8) is 0 Å². The Morgan fingerprint density at radius 2 is 2.23 bits per heavy atom. The maximum absolute atomic E-state index is 11.0. The maximum Gasteiger partial charge on any atom is 0.488 e. The maximum atomic E-state index is 11.0. The van der Waals surface area contributed by atoms with E-state index in [2.05, 4.69) is 4.74 Å². The Balaban J connectivity index is 2.79. The minimum absolute atomic E-state index is 0.341. The molecule has 1 rings (SSSR count). The van der Waals surface area contributed by atoms with E-state index in [9.17, 15) is 4.79 Å². The topological polar surface area (TPSA) is 66.8 Å². The molecule has 1 aliphatic heterocycles. The average Bonchev–Trinajstić information content (AvgIpc) is 2.17. The molecule has 0 aromatic heterocycles. The van der Waals surface area contributed by atoms with Crippen molar-refractivity contribution in [1.82, 2.24) is 0 Å². The molecule has 0 unspecified atom stereocenters. The second-order valence-electron chi connectivity index (χ2n) is 2.26. The van der Waals surface area contributed by atoms with E-state index in [4.69, 9.17) is 10.0 Å². The van der Waals surface area contributed by atoms with Gasteiger partial charge in [0.1, 0.15) is 0 Å².